The fraction of sp³-hybridized carbons (Fsp3) is 0.875. The Hall–Kier alpha value is -0.530. The molecule has 0 heterocycles. The standard InChI is InChI=1S/C8H15NO5/c1-5(10)6-3-7(13-2)8(4-6)14-9(11)12/h6-8,11-12H,3-4H2,1-2H3/t6?,7?,8-/m0/s1. The molecule has 6 nitrogen and oxygen atoms in total. The van der Waals surface area contributed by atoms with Gasteiger partial charge in [0.05, 0.1) is 11.5 Å². The number of Topliss-reactive ketones (excluding diaryl/α,β-unsaturated/α-hetero) is 1. The molecule has 6 heteroatoms. The van der Waals surface area contributed by atoms with Crippen LogP contribution in [0.15, 0.2) is 0 Å². The van der Waals surface area contributed by atoms with Crippen molar-refractivity contribution in [3.63, 3.8) is 0 Å². The Labute approximate surface area is 81.9 Å². The first-order chi connectivity index (χ1) is 6.54. The number of hydrogen-bond acceptors (Lipinski definition) is 6. The van der Waals surface area contributed by atoms with Crippen LogP contribution in [0.5, 0.6) is 0 Å². The molecule has 0 aromatic heterocycles. The molecule has 1 aliphatic carbocycles. The van der Waals surface area contributed by atoms with Crippen LogP contribution in [-0.2, 0) is 14.4 Å². The molecule has 0 aromatic rings. The average Bonchev–Trinajstić information content (AvgIpc) is 2.46. The number of carbonyl (C=O) groups is 1. The largest absolute Gasteiger partial charge is 0.379 e. The van der Waals surface area contributed by atoms with E-state index >= 15 is 0 Å². The first-order valence-electron chi connectivity index (χ1n) is 4.42. The van der Waals surface area contributed by atoms with E-state index < -0.39 is 6.10 Å². The van der Waals surface area contributed by atoms with E-state index in [1.54, 1.807) is 0 Å². The van der Waals surface area contributed by atoms with Gasteiger partial charge in [-0.25, -0.2) is 4.84 Å². The van der Waals surface area contributed by atoms with Crippen LogP contribution in [0, 0.1) is 5.92 Å². The van der Waals surface area contributed by atoms with E-state index in [-0.39, 0.29) is 23.2 Å². The van der Waals surface area contributed by atoms with Crippen LogP contribution in [0.25, 0.3) is 0 Å². The first kappa shape index (κ1) is 11.5. The fourth-order valence-electron chi connectivity index (χ4n) is 1.77. The maximum absolute atomic E-state index is 11.1. The molecule has 0 aliphatic heterocycles. The predicted molar refractivity (Wildman–Crippen MR) is 44.5 cm³/mol. The summed E-state index contributed by atoms with van der Waals surface area (Å²) >= 11 is 0. The van der Waals surface area contributed by atoms with Gasteiger partial charge < -0.3 is 4.74 Å². The SMILES string of the molecule is COC1CC(C(C)=O)C[C@@H]1ON(O)O. The normalized spacial score (nSPS) is 32.5. The van der Waals surface area contributed by atoms with Crippen LogP contribution in [0.1, 0.15) is 19.8 Å². The highest BCUT2D eigenvalue weighted by Gasteiger charge is 2.38. The second kappa shape index (κ2) is 4.81. The average molecular weight is 205 g/mol. The summed E-state index contributed by atoms with van der Waals surface area (Å²) in [6.07, 6.45) is 0.255. The highest BCUT2D eigenvalue weighted by molar-refractivity contribution is 5.78. The van der Waals surface area contributed by atoms with Crippen molar-refractivity contribution in [3.8, 4) is 0 Å². The summed E-state index contributed by atoms with van der Waals surface area (Å²) in [4.78, 5) is 15.8. The van der Waals surface area contributed by atoms with E-state index in [0.29, 0.717) is 12.8 Å². The maximum Gasteiger partial charge on any atom is 0.133 e. The van der Waals surface area contributed by atoms with E-state index in [2.05, 4.69) is 4.84 Å². The minimum absolute atomic E-state index is 0.0700. The molecule has 1 fully saturated rings. The van der Waals surface area contributed by atoms with Crippen LogP contribution in [0.3, 0.4) is 0 Å². The van der Waals surface area contributed by atoms with Crippen LogP contribution in [0.2, 0.25) is 0 Å². The van der Waals surface area contributed by atoms with Crippen molar-refractivity contribution in [1.29, 1.82) is 0 Å². The number of nitrogens with zero attached hydrogens (tertiary/aromatic N) is 1. The van der Waals surface area contributed by atoms with E-state index in [1.165, 1.54) is 14.0 Å². The Balaban J connectivity index is 2.53. The molecule has 2 N–H and O–H groups in total. The summed E-state index contributed by atoms with van der Waals surface area (Å²) < 4.78 is 5.08. The lowest BCUT2D eigenvalue weighted by Gasteiger charge is -2.18. The predicted octanol–water partition coefficient (Wildman–Crippen LogP) is 0.381. The monoisotopic (exact) mass is 205 g/mol. The van der Waals surface area contributed by atoms with Crippen molar-refractivity contribution in [2.24, 2.45) is 5.92 Å². The van der Waals surface area contributed by atoms with Crippen molar-refractivity contribution in [2.75, 3.05) is 7.11 Å². The second-order valence-electron chi connectivity index (χ2n) is 3.45. The number of rotatable bonds is 4. The summed E-state index contributed by atoms with van der Waals surface area (Å²) in [6.45, 7) is 1.51. The molecule has 0 amide bonds. The third kappa shape index (κ3) is 2.73. The molecular formula is C8H15NO5. The van der Waals surface area contributed by atoms with Gasteiger partial charge in [0.2, 0.25) is 0 Å². The molecule has 0 aromatic carbocycles. The fourth-order valence-corrected chi connectivity index (χ4v) is 1.77. The van der Waals surface area contributed by atoms with Gasteiger partial charge in [-0.1, -0.05) is 0 Å². The Morgan fingerprint density at radius 3 is 2.36 bits per heavy atom. The summed E-state index contributed by atoms with van der Waals surface area (Å²) in [7, 11) is 1.50. The van der Waals surface area contributed by atoms with Crippen molar-refractivity contribution < 1.29 is 24.8 Å². The van der Waals surface area contributed by atoms with Gasteiger partial charge in [-0.2, -0.15) is 0 Å². The number of ether oxygens (including phenoxy) is 1. The Morgan fingerprint density at radius 1 is 1.36 bits per heavy atom. The zero-order chi connectivity index (χ0) is 10.7. The van der Waals surface area contributed by atoms with Crippen LogP contribution in [-0.4, -0.2) is 40.9 Å². The summed E-state index contributed by atoms with van der Waals surface area (Å²) in [5, 5.41) is 16.6. The summed E-state index contributed by atoms with van der Waals surface area (Å²) in [6, 6.07) is 0. The van der Waals surface area contributed by atoms with Gasteiger partial charge in [0.1, 0.15) is 11.9 Å². The number of hydrogen-bond donors (Lipinski definition) is 2. The Morgan fingerprint density at radius 2 is 1.93 bits per heavy atom. The van der Waals surface area contributed by atoms with Crippen LogP contribution in [0.4, 0.5) is 0 Å². The van der Waals surface area contributed by atoms with Gasteiger partial charge >= 0.3 is 0 Å². The minimum Gasteiger partial charge on any atom is -0.379 e. The molecular weight excluding hydrogens is 190 g/mol. The second-order valence-corrected chi connectivity index (χ2v) is 3.45. The van der Waals surface area contributed by atoms with Gasteiger partial charge in [-0.15, -0.1) is 0 Å². The summed E-state index contributed by atoms with van der Waals surface area (Å²) in [5.74, 6) is -0.0505. The molecule has 0 saturated heterocycles. The molecule has 14 heavy (non-hydrogen) atoms. The highest BCUT2D eigenvalue weighted by atomic mass is 17.1. The Kier molecular flexibility index (Phi) is 3.97. The molecule has 2 unspecified atom stereocenters. The quantitative estimate of drug-likeness (QED) is 0.646. The number of ketones is 1. The van der Waals surface area contributed by atoms with E-state index in [4.69, 9.17) is 15.2 Å². The smallest absolute Gasteiger partial charge is 0.133 e. The molecule has 1 rings (SSSR count). The van der Waals surface area contributed by atoms with Crippen molar-refractivity contribution >= 4 is 5.78 Å². The molecule has 82 valence electrons. The minimum atomic E-state index is -0.483. The van der Waals surface area contributed by atoms with Gasteiger partial charge in [0, 0.05) is 13.0 Å². The van der Waals surface area contributed by atoms with Crippen LogP contribution >= 0.6 is 0 Å². The molecule has 0 spiro atoms. The number of carbonyl (C=O) groups excluding carboxylic acids is 1. The van der Waals surface area contributed by atoms with E-state index in [9.17, 15) is 4.79 Å². The molecule has 3 atom stereocenters. The first-order valence-corrected chi connectivity index (χ1v) is 4.42. The molecule has 0 bridgehead atoms. The van der Waals surface area contributed by atoms with Crippen LogP contribution < -0.4 is 0 Å². The Bertz CT molecular complexity index is 208. The van der Waals surface area contributed by atoms with E-state index in [0.717, 1.165) is 0 Å². The third-order valence-corrected chi connectivity index (χ3v) is 2.56. The zero-order valence-corrected chi connectivity index (χ0v) is 8.21. The number of methoxy groups -OCH3 is 1. The lowest BCUT2D eigenvalue weighted by atomic mass is 10.0. The van der Waals surface area contributed by atoms with Crippen molar-refractivity contribution in [2.45, 2.75) is 32.0 Å². The lowest BCUT2D eigenvalue weighted by molar-refractivity contribution is -0.507. The van der Waals surface area contributed by atoms with Gasteiger partial charge in [0.25, 0.3) is 0 Å². The molecule has 0 radical (unpaired) electrons. The topological polar surface area (TPSA) is 79.2 Å². The molecule has 1 aliphatic rings. The lowest BCUT2D eigenvalue weighted by Crippen LogP contribution is -2.31. The highest BCUT2D eigenvalue weighted by Crippen LogP contribution is 2.30. The van der Waals surface area contributed by atoms with Crippen molar-refractivity contribution in [3.05, 3.63) is 0 Å². The van der Waals surface area contributed by atoms with Gasteiger partial charge in [-0.3, -0.25) is 15.2 Å². The maximum atomic E-state index is 11.1. The van der Waals surface area contributed by atoms with Crippen molar-refractivity contribution in [1.82, 2.24) is 5.39 Å². The van der Waals surface area contributed by atoms with Gasteiger partial charge in [0.15, 0.2) is 0 Å². The zero-order valence-electron chi connectivity index (χ0n) is 8.21. The molecule has 1 saturated carbocycles. The third-order valence-electron chi connectivity index (χ3n) is 2.56. The van der Waals surface area contributed by atoms with Gasteiger partial charge in [-0.05, 0) is 19.8 Å². The summed E-state index contributed by atoms with van der Waals surface area (Å²) in [5.41, 5.74) is 0. The van der Waals surface area contributed by atoms with E-state index in [1.807, 2.05) is 0 Å².